The van der Waals surface area contributed by atoms with Gasteiger partial charge in [0.05, 0.1) is 13.2 Å². The van der Waals surface area contributed by atoms with Crippen LogP contribution in [0.3, 0.4) is 0 Å². The summed E-state index contributed by atoms with van der Waals surface area (Å²) >= 11 is 0. The molecule has 0 unspecified atom stereocenters. The second-order valence-electron chi connectivity index (χ2n) is 10.2. The fraction of sp³-hybridized carbons (Fsp3) is 0.600. The zero-order valence-corrected chi connectivity index (χ0v) is 18.9. The van der Waals surface area contributed by atoms with Crippen molar-refractivity contribution in [3.63, 3.8) is 0 Å². The predicted molar refractivity (Wildman–Crippen MR) is 124 cm³/mol. The van der Waals surface area contributed by atoms with Crippen LogP contribution in [-0.2, 0) is 24.4 Å². The van der Waals surface area contributed by atoms with E-state index < -0.39 is 0 Å². The Morgan fingerprint density at radius 3 is 2.59 bits per heavy atom. The molecule has 6 rings (SSSR count). The van der Waals surface area contributed by atoms with E-state index in [0.29, 0.717) is 23.7 Å². The van der Waals surface area contributed by atoms with Gasteiger partial charge in [0.15, 0.2) is 0 Å². The largest absolute Gasteiger partial charge is 0.381 e. The number of piperidine rings is 1. The first-order valence-electron chi connectivity index (χ1n) is 12.0. The number of pyridine rings is 2. The number of likely N-dealkylation sites (tertiary alicyclic amines) is 2. The number of hydrogen-bond acceptors (Lipinski definition) is 6. The second-order valence-corrected chi connectivity index (χ2v) is 10.2. The molecule has 4 aliphatic rings. The number of nitrogens with zero attached hydrogens (tertiary/aromatic N) is 4. The van der Waals surface area contributed by atoms with Gasteiger partial charge in [-0.25, -0.2) is 4.98 Å². The van der Waals surface area contributed by atoms with Gasteiger partial charge in [0.25, 0.3) is 5.56 Å². The number of nitrogens with one attached hydrogen (secondary N) is 1. The van der Waals surface area contributed by atoms with Crippen LogP contribution in [0.4, 0.5) is 5.82 Å². The first kappa shape index (κ1) is 20.4. The average molecular weight is 436 g/mol. The van der Waals surface area contributed by atoms with Gasteiger partial charge in [-0.05, 0) is 24.5 Å². The maximum absolute atomic E-state index is 13.4. The van der Waals surface area contributed by atoms with Gasteiger partial charge in [-0.3, -0.25) is 14.6 Å². The standard InChI is InChI=1S/C25H33N5O2/c1-26-24-18(3-2-6-27-24)10-28-8-17-7-20(12-28)23-5-4-19(25(31)30(23)9-17)11-29-13-21-15-32-16-22(21)14-29/h2-6,17,20-22H,7-16H2,1H3,(H,26,27)/t17-,20+,21-,22+/m0/s1. The number of hydrogen-bond donors (Lipinski definition) is 1. The number of rotatable bonds is 5. The van der Waals surface area contributed by atoms with E-state index in [2.05, 4.69) is 42.9 Å². The molecule has 6 heterocycles. The third-order valence-corrected chi connectivity index (χ3v) is 7.99. The monoisotopic (exact) mass is 435 g/mol. The van der Waals surface area contributed by atoms with E-state index in [1.807, 2.05) is 19.3 Å². The van der Waals surface area contributed by atoms with Crippen LogP contribution in [0.5, 0.6) is 0 Å². The highest BCUT2D eigenvalue weighted by molar-refractivity contribution is 5.42. The maximum Gasteiger partial charge on any atom is 0.255 e. The van der Waals surface area contributed by atoms with E-state index in [4.69, 9.17) is 4.74 Å². The molecule has 2 aromatic rings. The minimum absolute atomic E-state index is 0.240. The summed E-state index contributed by atoms with van der Waals surface area (Å²) in [6.07, 6.45) is 3.03. The normalized spacial score (nSPS) is 29.7. The summed E-state index contributed by atoms with van der Waals surface area (Å²) in [5, 5.41) is 3.21. The lowest BCUT2D eigenvalue weighted by Crippen LogP contribution is -2.47. The van der Waals surface area contributed by atoms with Crippen molar-refractivity contribution in [3.8, 4) is 0 Å². The second kappa shape index (κ2) is 8.28. The Balaban J connectivity index is 1.18. The van der Waals surface area contributed by atoms with Crippen molar-refractivity contribution in [3.05, 3.63) is 57.6 Å². The number of aromatic nitrogens is 2. The van der Waals surface area contributed by atoms with Crippen LogP contribution in [0, 0.1) is 17.8 Å². The van der Waals surface area contributed by atoms with Crippen LogP contribution in [0.15, 0.2) is 35.3 Å². The molecule has 0 amide bonds. The fourth-order valence-corrected chi connectivity index (χ4v) is 6.53. The molecule has 2 bridgehead atoms. The molecule has 0 saturated carbocycles. The Morgan fingerprint density at radius 2 is 1.78 bits per heavy atom. The van der Waals surface area contributed by atoms with Crippen molar-refractivity contribution in [2.24, 2.45) is 17.8 Å². The summed E-state index contributed by atoms with van der Waals surface area (Å²) in [4.78, 5) is 22.9. The van der Waals surface area contributed by atoms with Gasteiger partial charge in [-0.15, -0.1) is 0 Å². The van der Waals surface area contributed by atoms with Gasteiger partial charge >= 0.3 is 0 Å². The van der Waals surface area contributed by atoms with E-state index in [1.165, 1.54) is 17.7 Å². The van der Waals surface area contributed by atoms with E-state index >= 15 is 0 Å². The lowest BCUT2D eigenvalue weighted by atomic mass is 9.82. The SMILES string of the molecule is CNc1ncccc1CN1C[C@@H]2C[C@H](C1)c1ccc(CN3C[C@H]4COC[C@H]4C3)c(=O)n1C2. The lowest BCUT2D eigenvalue weighted by molar-refractivity contribution is 0.114. The average Bonchev–Trinajstić information content (AvgIpc) is 3.38. The molecule has 170 valence electrons. The van der Waals surface area contributed by atoms with Crippen LogP contribution in [0.1, 0.15) is 29.2 Å². The molecule has 0 spiro atoms. The van der Waals surface area contributed by atoms with Crippen LogP contribution in [0.2, 0.25) is 0 Å². The van der Waals surface area contributed by atoms with E-state index in [9.17, 15) is 4.79 Å². The number of fused-ring (bicyclic) bond motifs is 5. The van der Waals surface area contributed by atoms with Crippen LogP contribution in [0.25, 0.3) is 0 Å². The molecule has 4 atom stereocenters. The van der Waals surface area contributed by atoms with Gasteiger partial charge in [-0.2, -0.15) is 0 Å². The Bertz CT molecular complexity index is 1040. The summed E-state index contributed by atoms with van der Waals surface area (Å²) in [6.45, 7) is 8.48. The third-order valence-electron chi connectivity index (χ3n) is 7.99. The molecule has 0 radical (unpaired) electrons. The van der Waals surface area contributed by atoms with Crippen molar-refractivity contribution < 1.29 is 4.74 Å². The topological polar surface area (TPSA) is 62.6 Å². The molecule has 4 aliphatic heterocycles. The fourth-order valence-electron chi connectivity index (χ4n) is 6.53. The summed E-state index contributed by atoms with van der Waals surface area (Å²) in [5.41, 5.74) is 3.67. The lowest BCUT2D eigenvalue weighted by Gasteiger charge is -2.43. The quantitative estimate of drug-likeness (QED) is 0.775. The Labute approximate surface area is 189 Å². The molecule has 7 heteroatoms. The molecule has 3 saturated heterocycles. The van der Waals surface area contributed by atoms with E-state index in [1.54, 1.807) is 0 Å². The molecule has 7 nitrogen and oxygen atoms in total. The van der Waals surface area contributed by atoms with Crippen LogP contribution >= 0.6 is 0 Å². The predicted octanol–water partition coefficient (Wildman–Crippen LogP) is 1.98. The first-order valence-corrected chi connectivity index (χ1v) is 12.0. The van der Waals surface area contributed by atoms with Crippen molar-refractivity contribution in [1.82, 2.24) is 19.4 Å². The number of anilines is 1. The molecule has 2 aromatic heterocycles. The van der Waals surface area contributed by atoms with Crippen LogP contribution in [-0.4, -0.2) is 65.8 Å². The van der Waals surface area contributed by atoms with Crippen molar-refractivity contribution >= 4 is 5.82 Å². The molecule has 3 fully saturated rings. The van der Waals surface area contributed by atoms with Crippen molar-refractivity contribution in [2.45, 2.75) is 32.0 Å². The molecule has 32 heavy (non-hydrogen) atoms. The summed E-state index contributed by atoms with van der Waals surface area (Å²) < 4.78 is 7.71. The molecular weight excluding hydrogens is 402 g/mol. The first-order chi connectivity index (χ1) is 15.7. The Morgan fingerprint density at radius 1 is 1.00 bits per heavy atom. The molecule has 1 N–H and O–H groups in total. The summed E-state index contributed by atoms with van der Waals surface area (Å²) in [5.74, 6) is 3.24. The molecule has 0 aromatic carbocycles. The molecule has 0 aliphatic carbocycles. The van der Waals surface area contributed by atoms with E-state index in [-0.39, 0.29) is 5.56 Å². The van der Waals surface area contributed by atoms with Gasteiger partial charge < -0.3 is 14.6 Å². The van der Waals surface area contributed by atoms with Gasteiger partial charge in [0.1, 0.15) is 5.82 Å². The summed E-state index contributed by atoms with van der Waals surface area (Å²) in [6, 6.07) is 8.52. The highest BCUT2D eigenvalue weighted by atomic mass is 16.5. The highest BCUT2D eigenvalue weighted by Gasteiger charge is 2.38. The number of ether oxygens (including phenoxy) is 1. The minimum Gasteiger partial charge on any atom is -0.381 e. The van der Waals surface area contributed by atoms with Gasteiger partial charge in [0, 0.05) is 93.6 Å². The van der Waals surface area contributed by atoms with Gasteiger partial charge in [0.2, 0.25) is 0 Å². The minimum atomic E-state index is 0.240. The highest BCUT2D eigenvalue weighted by Crippen LogP contribution is 2.36. The van der Waals surface area contributed by atoms with Gasteiger partial charge in [-0.1, -0.05) is 12.1 Å². The van der Waals surface area contributed by atoms with Crippen molar-refractivity contribution in [2.75, 3.05) is 51.8 Å². The zero-order chi connectivity index (χ0) is 21.7. The zero-order valence-electron chi connectivity index (χ0n) is 18.9. The smallest absolute Gasteiger partial charge is 0.255 e. The molecular formula is C25H33N5O2. The van der Waals surface area contributed by atoms with E-state index in [0.717, 1.165) is 70.4 Å². The Kier molecular flexibility index (Phi) is 5.28. The van der Waals surface area contributed by atoms with Crippen LogP contribution < -0.4 is 10.9 Å². The third kappa shape index (κ3) is 3.66. The Hall–Kier alpha value is -2.22. The summed E-state index contributed by atoms with van der Waals surface area (Å²) in [7, 11) is 1.93. The maximum atomic E-state index is 13.4. The van der Waals surface area contributed by atoms with Crippen molar-refractivity contribution in [1.29, 1.82) is 0 Å².